The maximum atomic E-state index is 12.9. The highest BCUT2D eigenvalue weighted by molar-refractivity contribution is 9.10. The van der Waals surface area contributed by atoms with Crippen LogP contribution in [0.3, 0.4) is 0 Å². The van der Waals surface area contributed by atoms with Crippen molar-refractivity contribution in [1.82, 2.24) is 0 Å². The molecule has 1 rings (SSSR count). The number of hydrogen-bond acceptors (Lipinski definition) is 2. The second kappa shape index (κ2) is 5.04. The monoisotopic (exact) mass is 269 g/mol. The normalized spacial score (nSPS) is 11.9. The van der Waals surface area contributed by atoms with Gasteiger partial charge in [0.25, 0.3) is 0 Å². The van der Waals surface area contributed by atoms with Gasteiger partial charge >= 0.3 is 0 Å². The molecule has 0 heterocycles. The molecule has 78 valence electrons. The molecule has 4 heteroatoms. The summed E-state index contributed by atoms with van der Waals surface area (Å²) in [5.74, 6) is -0.869. The van der Waals surface area contributed by atoms with Crippen molar-refractivity contribution >= 4 is 21.7 Å². The average molecular weight is 270 g/mol. The van der Waals surface area contributed by atoms with E-state index in [0.29, 0.717) is 5.56 Å². The molecule has 1 aromatic rings. The predicted octanol–water partition coefficient (Wildman–Crippen LogP) is 3.32. The van der Waals surface area contributed by atoms with Crippen LogP contribution in [-0.4, -0.2) is 5.78 Å². The first-order valence-electron chi connectivity index (χ1n) is 4.42. The van der Waals surface area contributed by atoms with Crippen molar-refractivity contribution in [1.29, 1.82) is 5.26 Å². The van der Waals surface area contributed by atoms with E-state index in [9.17, 15) is 9.18 Å². The molecule has 0 spiro atoms. The summed E-state index contributed by atoms with van der Waals surface area (Å²) < 4.78 is 13.1. The summed E-state index contributed by atoms with van der Waals surface area (Å²) in [7, 11) is 0. The van der Waals surface area contributed by atoms with E-state index in [1.54, 1.807) is 6.92 Å². The Morgan fingerprint density at radius 3 is 2.87 bits per heavy atom. The fraction of sp³-hybridized carbons (Fsp3) is 0.273. The van der Waals surface area contributed by atoms with Gasteiger partial charge in [0.2, 0.25) is 0 Å². The van der Waals surface area contributed by atoms with Crippen molar-refractivity contribution < 1.29 is 9.18 Å². The zero-order chi connectivity index (χ0) is 11.4. The number of ketones is 1. The second-order valence-corrected chi connectivity index (χ2v) is 4.14. The minimum absolute atomic E-state index is 0.148. The van der Waals surface area contributed by atoms with E-state index >= 15 is 0 Å². The number of nitrogens with zero attached hydrogens (tertiary/aromatic N) is 1. The molecule has 0 aliphatic rings. The maximum absolute atomic E-state index is 12.9. The van der Waals surface area contributed by atoms with E-state index in [4.69, 9.17) is 5.26 Å². The molecule has 0 aliphatic carbocycles. The molecule has 1 unspecified atom stereocenters. The summed E-state index contributed by atoms with van der Waals surface area (Å²) in [6.45, 7) is 1.68. The van der Waals surface area contributed by atoms with Gasteiger partial charge in [-0.15, -0.1) is 0 Å². The molecule has 0 aromatic heterocycles. The van der Waals surface area contributed by atoms with Crippen LogP contribution in [0.4, 0.5) is 4.39 Å². The first-order valence-corrected chi connectivity index (χ1v) is 5.21. The topological polar surface area (TPSA) is 40.9 Å². The highest BCUT2D eigenvalue weighted by Gasteiger charge is 2.12. The van der Waals surface area contributed by atoms with Crippen LogP contribution in [0.25, 0.3) is 0 Å². The number of benzene rings is 1. The van der Waals surface area contributed by atoms with Crippen LogP contribution >= 0.6 is 15.9 Å². The molecule has 0 bridgehead atoms. The number of nitriles is 1. The SMILES string of the molecule is CC(C#N)CC(=O)c1ccc(F)c(Br)c1. The fourth-order valence-electron chi connectivity index (χ4n) is 1.11. The number of Topliss-reactive ketones (excluding diaryl/α,β-unsaturated/α-hetero) is 1. The predicted molar refractivity (Wildman–Crippen MR) is 57.8 cm³/mol. The average Bonchev–Trinajstić information content (AvgIpc) is 2.21. The lowest BCUT2D eigenvalue weighted by atomic mass is 10.0. The molecule has 0 saturated carbocycles. The number of halogens is 2. The Bertz CT molecular complexity index is 425. The lowest BCUT2D eigenvalue weighted by Crippen LogP contribution is -2.04. The van der Waals surface area contributed by atoms with E-state index < -0.39 is 5.82 Å². The Morgan fingerprint density at radius 1 is 1.67 bits per heavy atom. The summed E-state index contributed by atoms with van der Waals surface area (Å²) >= 11 is 3.01. The highest BCUT2D eigenvalue weighted by atomic mass is 79.9. The van der Waals surface area contributed by atoms with Gasteiger partial charge in [-0.1, -0.05) is 0 Å². The van der Waals surface area contributed by atoms with Crippen molar-refractivity contribution in [2.75, 3.05) is 0 Å². The Labute approximate surface area is 95.8 Å². The first kappa shape index (κ1) is 11.9. The fourth-order valence-corrected chi connectivity index (χ4v) is 1.49. The highest BCUT2D eigenvalue weighted by Crippen LogP contribution is 2.18. The Hall–Kier alpha value is -1.21. The van der Waals surface area contributed by atoms with Crippen molar-refractivity contribution in [2.45, 2.75) is 13.3 Å². The molecule has 2 nitrogen and oxygen atoms in total. The Morgan fingerprint density at radius 2 is 2.33 bits per heavy atom. The smallest absolute Gasteiger partial charge is 0.164 e. The molecule has 0 N–H and O–H groups in total. The number of carbonyl (C=O) groups excluding carboxylic acids is 1. The lowest BCUT2D eigenvalue weighted by Gasteiger charge is -2.03. The van der Waals surface area contributed by atoms with E-state index in [1.165, 1.54) is 18.2 Å². The minimum atomic E-state index is -0.403. The van der Waals surface area contributed by atoms with E-state index in [-0.39, 0.29) is 22.6 Å². The molecular weight excluding hydrogens is 261 g/mol. The van der Waals surface area contributed by atoms with Crippen LogP contribution in [0.2, 0.25) is 0 Å². The van der Waals surface area contributed by atoms with Gasteiger partial charge in [-0.3, -0.25) is 4.79 Å². The quantitative estimate of drug-likeness (QED) is 0.790. The van der Waals surface area contributed by atoms with Crippen molar-refractivity contribution in [3.05, 3.63) is 34.1 Å². The number of hydrogen-bond donors (Lipinski definition) is 0. The number of carbonyl (C=O) groups is 1. The number of rotatable bonds is 3. The molecule has 1 aromatic carbocycles. The summed E-state index contributed by atoms with van der Waals surface area (Å²) in [6.07, 6.45) is 0.161. The zero-order valence-corrected chi connectivity index (χ0v) is 9.71. The Balaban J connectivity index is 2.84. The molecular formula is C11H9BrFNO. The van der Waals surface area contributed by atoms with Crippen LogP contribution in [0.5, 0.6) is 0 Å². The van der Waals surface area contributed by atoms with Crippen molar-refractivity contribution in [2.24, 2.45) is 5.92 Å². The van der Waals surface area contributed by atoms with Crippen molar-refractivity contribution in [3.8, 4) is 6.07 Å². The van der Waals surface area contributed by atoms with Gasteiger partial charge < -0.3 is 0 Å². The lowest BCUT2D eigenvalue weighted by molar-refractivity contribution is 0.0972. The summed E-state index contributed by atoms with van der Waals surface area (Å²) in [5.41, 5.74) is 0.422. The standard InChI is InChI=1S/C11H9BrFNO/c1-7(6-14)4-11(15)8-2-3-10(13)9(12)5-8/h2-3,5,7H,4H2,1H3. The van der Waals surface area contributed by atoms with Crippen LogP contribution in [0.1, 0.15) is 23.7 Å². The second-order valence-electron chi connectivity index (χ2n) is 3.29. The molecule has 0 aliphatic heterocycles. The summed E-state index contributed by atoms with van der Waals surface area (Å²) in [6, 6.07) is 6.07. The first-order chi connectivity index (χ1) is 7.04. The van der Waals surface area contributed by atoms with Gasteiger partial charge in [0.05, 0.1) is 16.5 Å². The Kier molecular flexibility index (Phi) is 3.98. The van der Waals surface area contributed by atoms with Crippen LogP contribution in [-0.2, 0) is 0 Å². The summed E-state index contributed by atoms with van der Waals surface area (Å²) in [4.78, 5) is 11.6. The van der Waals surface area contributed by atoms with Gasteiger partial charge in [-0.05, 0) is 41.1 Å². The molecule has 0 saturated heterocycles. The third-order valence-electron chi connectivity index (χ3n) is 1.95. The minimum Gasteiger partial charge on any atom is -0.294 e. The van der Waals surface area contributed by atoms with Gasteiger partial charge in [0.1, 0.15) is 5.82 Å². The van der Waals surface area contributed by atoms with E-state index in [0.717, 1.165) is 0 Å². The van der Waals surface area contributed by atoms with Gasteiger partial charge in [-0.25, -0.2) is 4.39 Å². The van der Waals surface area contributed by atoms with E-state index in [1.807, 2.05) is 6.07 Å². The van der Waals surface area contributed by atoms with Gasteiger partial charge in [-0.2, -0.15) is 5.26 Å². The third-order valence-corrected chi connectivity index (χ3v) is 2.56. The third kappa shape index (κ3) is 3.14. The molecule has 0 fully saturated rings. The molecule has 15 heavy (non-hydrogen) atoms. The van der Waals surface area contributed by atoms with Crippen LogP contribution in [0, 0.1) is 23.1 Å². The van der Waals surface area contributed by atoms with Crippen LogP contribution in [0.15, 0.2) is 22.7 Å². The molecule has 0 amide bonds. The molecule has 1 atom stereocenters. The van der Waals surface area contributed by atoms with Gasteiger partial charge in [0.15, 0.2) is 5.78 Å². The zero-order valence-electron chi connectivity index (χ0n) is 8.13. The summed E-state index contributed by atoms with van der Waals surface area (Å²) in [5, 5.41) is 8.56. The molecule has 0 radical (unpaired) electrons. The van der Waals surface area contributed by atoms with E-state index in [2.05, 4.69) is 15.9 Å². The van der Waals surface area contributed by atoms with Crippen LogP contribution < -0.4 is 0 Å². The van der Waals surface area contributed by atoms with Gasteiger partial charge in [0, 0.05) is 12.0 Å². The van der Waals surface area contributed by atoms with Crippen molar-refractivity contribution in [3.63, 3.8) is 0 Å². The maximum Gasteiger partial charge on any atom is 0.164 e. The largest absolute Gasteiger partial charge is 0.294 e.